The molecule has 9 heteroatoms. The van der Waals surface area contributed by atoms with Gasteiger partial charge in [0.2, 0.25) is 5.16 Å². The van der Waals surface area contributed by atoms with Gasteiger partial charge in [-0.3, -0.25) is 15.2 Å². The molecule has 1 N–H and O–H groups in total. The van der Waals surface area contributed by atoms with Crippen molar-refractivity contribution in [2.75, 3.05) is 0 Å². The highest BCUT2D eigenvalue weighted by atomic mass is 35.5. The average Bonchev–Trinajstić information content (AvgIpc) is 3.07. The molecule has 2 aromatic carbocycles. The van der Waals surface area contributed by atoms with Gasteiger partial charge in [-0.1, -0.05) is 41.6 Å². The van der Waals surface area contributed by atoms with E-state index in [0.29, 0.717) is 33.1 Å². The number of halogens is 1. The number of nitro benzene ring substituents is 1. The second kappa shape index (κ2) is 8.00. The van der Waals surface area contributed by atoms with E-state index < -0.39 is 0 Å². The zero-order valence-corrected chi connectivity index (χ0v) is 14.5. The Kier molecular flexibility index (Phi) is 5.52. The lowest BCUT2D eigenvalue weighted by Crippen LogP contribution is -1.97. The molecule has 7 nitrogen and oxygen atoms in total. The number of hydrogen-bond donors (Lipinski definition) is 1. The van der Waals surface area contributed by atoms with Gasteiger partial charge in [-0.15, -0.1) is 5.10 Å². The first-order chi connectivity index (χ1) is 12.1. The van der Waals surface area contributed by atoms with Crippen molar-refractivity contribution in [1.29, 1.82) is 0 Å². The molecule has 0 aliphatic rings. The Labute approximate surface area is 152 Å². The maximum absolute atomic E-state index is 11.0. The normalized spacial score (nSPS) is 10.6. The number of benzene rings is 2. The molecule has 0 amide bonds. The summed E-state index contributed by atoms with van der Waals surface area (Å²) in [6.45, 7) is 0.237. The van der Waals surface area contributed by atoms with Crippen LogP contribution in [0.15, 0.2) is 53.7 Å². The second-order valence-electron chi connectivity index (χ2n) is 4.98. The maximum Gasteiger partial charge on any atom is 0.273 e. The minimum Gasteiger partial charge on any atom is -0.486 e. The standard InChI is InChI=1S/C16H13ClN4O3S/c17-12-5-7-13(8-6-12)24-9-15-18-16(20-19-15)25-10-11-3-1-2-4-14(11)21(22)23/h1-8H,9-10H2,(H,18,19,20). The smallest absolute Gasteiger partial charge is 0.273 e. The van der Waals surface area contributed by atoms with Crippen LogP contribution in [0.3, 0.4) is 0 Å². The van der Waals surface area contributed by atoms with Crippen LogP contribution in [-0.4, -0.2) is 20.1 Å². The van der Waals surface area contributed by atoms with Crippen LogP contribution in [0.4, 0.5) is 5.69 Å². The quantitative estimate of drug-likeness (QED) is 0.376. The van der Waals surface area contributed by atoms with Gasteiger partial charge in [0.05, 0.1) is 4.92 Å². The van der Waals surface area contributed by atoms with Crippen molar-refractivity contribution in [3.05, 3.63) is 75.1 Å². The Hall–Kier alpha value is -2.58. The van der Waals surface area contributed by atoms with Gasteiger partial charge < -0.3 is 4.74 Å². The van der Waals surface area contributed by atoms with E-state index in [2.05, 4.69) is 15.2 Å². The number of ether oxygens (including phenoxy) is 1. The molecule has 0 saturated carbocycles. The number of hydrogen-bond acceptors (Lipinski definition) is 6. The molecule has 0 aliphatic carbocycles. The van der Waals surface area contributed by atoms with Crippen molar-refractivity contribution in [1.82, 2.24) is 15.2 Å². The average molecular weight is 377 g/mol. The number of H-pyrrole nitrogens is 1. The number of para-hydroxylation sites is 1. The van der Waals surface area contributed by atoms with E-state index in [-0.39, 0.29) is 17.2 Å². The molecular formula is C16H13ClN4O3S. The second-order valence-corrected chi connectivity index (χ2v) is 6.36. The molecular weight excluding hydrogens is 364 g/mol. The van der Waals surface area contributed by atoms with Crippen LogP contribution >= 0.6 is 23.4 Å². The number of nitrogens with one attached hydrogen (secondary N) is 1. The third-order valence-corrected chi connectivity index (χ3v) is 4.39. The predicted octanol–water partition coefficient (Wildman–Crippen LogP) is 4.24. The van der Waals surface area contributed by atoms with Crippen LogP contribution in [0, 0.1) is 10.1 Å². The highest BCUT2D eigenvalue weighted by Crippen LogP contribution is 2.26. The van der Waals surface area contributed by atoms with E-state index in [1.54, 1.807) is 42.5 Å². The minimum atomic E-state index is -0.390. The lowest BCUT2D eigenvalue weighted by Gasteiger charge is -2.03. The molecule has 128 valence electrons. The monoisotopic (exact) mass is 376 g/mol. The fourth-order valence-electron chi connectivity index (χ4n) is 2.04. The van der Waals surface area contributed by atoms with E-state index >= 15 is 0 Å². The first kappa shape index (κ1) is 17.2. The van der Waals surface area contributed by atoms with Crippen LogP contribution in [-0.2, 0) is 12.4 Å². The molecule has 0 spiro atoms. The van der Waals surface area contributed by atoms with E-state index in [9.17, 15) is 10.1 Å². The molecule has 0 atom stereocenters. The molecule has 1 heterocycles. The summed E-state index contributed by atoms with van der Waals surface area (Å²) < 4.78 is 5.58. The van der Waals surface area contributed by atoms with Crippen LogP contribution in [0.25, 0.3) is 0 Å². The number of nitrogens with zero attached hydrogens (tertiary/aromatic N) is 3. The molecule has 0 bridgehead atoms. The summed E-state index contributed by atoms with van der Waals surface area (Å²) in [4.78, 5) is 14.9. The summed E-state index contributed by atoms with van der Waals surface area (Å²) >= 11 is 7.14. The van der Waals surface area contributed by atoms with Gasteiger partial charge in [-0.25, -0.2) is 4.98 Å². The fourth-order valence-corrected chi connectivity index (χ4v) is 2.98. The molecule has 0 fully saturated rings. The van der Waals surface area contributed by atoms with E-state index in [1.165, 1.54) is 17.8 Å². The summed E-state index contributed by atoms with van der Waals surface area (Å²) in [5.41, 5.74) is 0.720. The van der Waals surface area contributed by atoms with Crippen molar-refractivity contribution < 1.29 is 9.66 Å². The zero-order chi connectivity index (χ0) is 17.6. The molecule has 0 aliphatic heterocycles. The molecule has 0 saturated heterocycles. The first-order valence-electron chi connectivity index (χ1n) is 7.26. The van der Waals surface area contributed by atoms with Gasteiger partial charge in [-0.2, -0.15) is 0 Å². The number of thioether (sulfide) groups is 1. The van der Waals surface area contributed by atoms with Crippen LogP contribution in [0.2, 0.25) is 5.02 Å². The van der Waals surface area contributed by atoms with Gasteiger partial charge in [0, 0.05) is 22.4 Å². The van der Waals surface area contributed by atoms with Gasteiger partial charge in [-0.05, 0) is 24.3 Å². The number of aromatic nitrogens is 3. The first-order valence-corrected chi connectivity index (χ1v) is 8.63. The molecule has 3 rings (SSSR count). The number of aromatic amines is 1. The lowest BCUT2D eigenvalue weighted by molar-refractivity contribution is -0.385. The Morgan fingerprint density at radius 3 is 2.72 bits per heavy atom. The van der Waals surface area contributed by atoms with E-state index in [4.69, 9.17) is 16.3 Å². The predicted molar refractivity (Wildman–Crippen MR) is 94.8 cm³/mol. The van der Waals surface area contributed by atoms with Gasteiger partial charge in [0.1, 0.15) is 12.4 Å². The third kappa shape index (κ3) is 4.71. The van der Waals surface area contributed by atoms with Crippen molar-refractivity contribution in [3.8, 4) is 5.75 Å². The third-order valence-electron chi connectivity index (χ3n) is 3.25. The van der Waals surface area contributed by atoms with Gasteiger partial charge in [0.25, 0.3) is 5.69 Å². The zero-order valence-electron chi connectivity index (χ0n) is 12.9. The van der Waals surface area contributed by atoms with E-state index in [1.807, 2.05) is 0 Å². The Morgan fingerprint density at radius 1 is 1.20 bits per heavy atom. The van der Waals surface area contributed by atoms with E-state index in [0.717, 1.165) is 0 Å². The van der Waals surface area contributed by atoms with Crippen molar-refractivity contribution in [2.24, 2.45) is 0 Å². The highest BCUT2D eigenvalue weighted by molar-refractivity contribution is 7.98. The SMILES string of the molecule is O=[N+]([O-])c1ccccc1CSc1n[nH]c(COc2ccc(Cl)cc2)n1. The summed E-state index contributed by atoms with van der Waals surface area (Å²) in [5.74, 6) is 1.65. The summed E-state index contributed by atoms with van der Waals surface area (Å²) in [6.07, 6.45) is 0. The topological polar surface area (TPSA) is 93.9 Å². The van der Waals surface area contributed by atoms with Crippen molar-refractivity contribution >= 4 is 29.1 Å². The molecule has 25 heavy (non-hydrogen) atoms. The molecule has 1 aromatic heterocycles. The van der Waals surface area contributed by atoms with Crippen molar-refractivity contribution in [3.63, 3.8) is 0 Å². The van der Waals surface area contributed by atoms with Crippen molar-refractivity contribution in [2.45, 2.75) is 17.5 Å². The summed E-state index contributed by atoms with van der Waals surface area (Å²) in [7, 11) is 0. The Balaban J connectivity index is 1.57. The Morgan fingerprint density at radius 2 is 1.96 bits per heavy atom. The molecule has 0 radical (unpaired) electrons. The van der Waals surface area contributed by atoms with Gasteiger partial charge >= 0.3 is 0 Å². The largest absolute Gasteiger partial charge is 0.486 e. The summed E-state index contributed by atoms with van der Waals surface area (Å²) in [5, 5.41) is 19.0. The number of rotatable bonds is 7. The fraction of sp³-hybridized carbons (Fsp3) is 0.125. The molecule has 3 aromatic rings. The minimum absolute atomic E-state index is 0.0943. The van der Waals surface area contributed by atoms with Crippen LogP contribution in [0.5, 0.6) is 5.75 Å². The number of nitro groups is 1. The van der Waals surface area contributed by atoms with Crippen LogP contribution < -0.4 is 4.74 Å². The maximum atomic E-state index is 11.0. The Bertz CT molecular complexity index is 870. The highest BCUT2D eigenvalue weighted by Gasteiger charge is 2.13. The summed E-state index contributed by atoms with van der Waals surface area (Å²) in [6, 6.07) is 13.6. The molecule has 0 unspecified atom stereocenters. The lowest BCUT2D eigenvalue weighted by atomic mass is 10.2. The van der Waals surface area contributed by atoms with Crippen LogP contribution in [0.1, 0.15) is 11.4 Å². The van der Waals surface area contributed by atoms with Gasteiger partial charge in [0.15, 0.2) is 5.82 Å².